The Morgan fingerprint density at radius 3 is 2.83 bits per heavy atom. The molecule has 1 N–H and O–H groups in total. The van der Waals surface area contributed by atoms with Gasteiger partial charge in [0.15, 0.2) is 0 Å². The van der Waals surface area contributed by atoms with Gasteiger partial charge in [0.2, 0.25) is 0 Å². The average molecular weight is 175 g/mol. The molecule has 0 aromatic rings. The van der Waals surface area contributed by atoms with Gasteiger partial charge in [-0.1, -0.05) is 6.92 Å². The van der Waals surface area contributed by atoms with Crippen LogP contribution in [-0.2, 0) is 0 Å². The van der Waals surface area contributed by atoms with Gasteiger partial charge in [-0.3, -0.25) is 4.39 Å². The lowest BCUT2D eigenvalue weighted by Gasteiger charge is -2.43. The van der Waals surface area contributed by atoms with E-state index in [0.717, 1.165) is 19.5 Å². The van der Waals surface area contributed by atoms with Crippen LogP contribution in [0, 0.1) is 11.3 Å². The van der Waals surface area contributed by atoms with Crippen LogP contribution < -0.4 is 0 Å². The molecule has 0 bridgehead atoms. The predicted octanol–water partition coefficient (Wildman–Crippen LogP) is 0.906. The highest BCUT2D eigenvalue weighted by molar-refractivity contribution is 4.88. The first-order valence-electron chi connectivity index (χ1n) is 4.48. The molecule has 0 aliphatic carbocycles. The molecular formula is C9H18FNO. The standard InChI is InChI=1S/C9H18FNO/c1-9(7-12)6-11(2)4-3-8(9)5-10/h8,12H,3-7H2,1-2H3. The van der Waals surface area contributed by atoms with Gasteiger partial charge in [0, 0.05) is 12.0 Å². The molecule has 1 heterocycles. The zero-order chi connectivity index (χ0) is 9.19. The summed E-state index contributed by atoms with van der Waals surface area (Å²) in [5.41, 5.74) is -0.234. The van der Waals surface area contributed by atoms with Crippen LogP contribution >= 0.6 is 0 Å². The molecule has 3 heteroatoms. The van der Waals surface area contributed by atoms with Gasteiger partial charge in [0.1, 0.15) is 0 Å². The zero-order valence-electron chi connectivity index (χ0n) is 7.89. The van der Waals surface area contributed by atoms with Crippen LogP contribution in [0.3, 0.4) is 0 Å². The Morgan fingerprint density at radius 2 is 2.33 bits per heavy atom. The van der Waals surface area contributed by atoms with Crippen molar-refractivity contribution >= 4 is 0 Å². The third kappa shape index (κ3) is 1.77. The molecular weight excluding hydrogens is 157 g/mol. The summed E-state index contributed by atoms with van der Waals surface area (Å²) in [5, 5.41) is 9.18. The molecule has 0 radical (unpaired) electrons. The maximum Gasteiger partial charge on any atom is 0.0929 e. The van der Waals surface area contributed by atoms with E-state index in [1.165, 1.54) is 0 Å². The number of hydrogen-bond acceptors (Lipinski definition) is 2. The van der Waals surface area contributed by atoms with Crippen molar-refractivity contribution in [3.8, 4) is 0 Å². The van der Waals surface area contributed by atoms with Gasteiger partial charge < -0.3 is 10.0 Å². The number of rotatable bonds is 2. The lowest BCUT2D eigenvalue weighted by atomic mass is 9.74. The molecule has 1 aliphatic heterocycles. The number of alkyl halides is 1. The lowest BCUT2D eigenvalue weighted by Crippen LogP contribution is -2.48. The monoisotopic (exact) mass is 175 g/mol. The molecule has 0 spiro atoms. The van der Waals surface area contributed by atoms with Crippen molar-refractivity contribution in [2.45, 2.75) is 13.3 Å². The highest BCUT2D eigenvalue weighted by Gasteiger charge is 2.37. The van der Waals surface area contributed by atoms with Crippen molar-refractivity contribution in [3.05, 3.63) is 0 Å². The number of likely N-dealkylation sites (tertiary alicyclic amines) is 1. The highest BCUT2D eigenvalue weighted by atomic mass is 19.1. The van der Waals surface area contributed by atoms with Gasteiger partial charge in [-0.05, 0) is 25.9 Å². The molecule has 0 aromatic carbocycles. The fraction of sp³-hybridized carbons (Fsp3) is 1.00. The lowest BCUT2D eigenvalue weighted by molar-refractivity contribution is -0.00537. The summed E-state index contributed by atoms with van der Waals surface area (Å²) in [4.78, 5) is 2.16. The highest BCUT2D eigenvalue weighted by Crippen LogP contribution is 2.34. The maximum absolute atomic E-state index is 12.6. The summed E-state index contributed by atoms with van der Waals surface area (Å²) in [5.74, 6) is 0.0405. The summed E-state index contributed by atoms with van der Waals surface area (Å²) in [6, 6.07) is 0. The second-order valence-electron chi connectivity index (χ2n) is 4.19. The Balaban J connectivity index is 2.63. The number of halogens is 1. The Labute approximate surface area is 73.4 Å². The number of piperidine rings is 1. The van der Waals surface area contributed by atoms with E-state index >= 15 is 0 Å². The third-order valence-corrected chi connectivity index (χ3v) is 3.02. The first-order valence-corrected chi connectivity index (χ1v) is 4.48. The summed E-state index contributed by atoms with van der Waals surface area (Å²) in [7, 11) is 2.02. The minimum absolute atomic E-state index is 0.0405. The molecule has 0 amide bonds. The number of aliphatic hydroxyl groups is 1. The summed E-state index contributed by atoms with van der Waals surface area (Å²) in [6.07, 6.45) is 0.865. The van der Waals surface area contributed by atoms with Crippen LogP contribution in [0.1, 0.15) is 13.3 Å². The fourth-order valence-corrected chi connectivity index (χ4v) is 1.99. The first-order chi connectivity index (χ1) is 5.62. The summed E-state index contributed by atoms with van der Waals surface area (Å²) >= 11 is 0. The van der Waals surface area contributed by atoms with E-state index in [2.05, 4.69) is 4.90 Å². The maximum atomic E-state index is 12.6. The quantitative estimate of drug-likeness (QED) is 0.674. The summed E-state index contributed by atoms with van der Waals surface area (Å²) < 4.78 is 12.6. The molecule has 2 nitrogen and oxygen atoms in total. The SMILES string of the molecule is CN1CCC(CF)C(C)(CO)C1. The smallest absolute Gasteiger partial charge is 0.0929 e. The van der Waals surface area contributed by atoms with Gasteiger partial charge in [-0.15, -0.1) is 0 Å². The second kappa shape index (κ2) is 3.71. The van der Waals surface area contributed by atoms with E-state index in [0.29, 0.717) is 0 Å². The Hall–Kier alpha value is -0.150. The van der Waals surface area contributed by atoms with Gasteiger partial charge in [0.05, 0.1) is 13.3 Å². The Kier molecular flexibility index (Phi) is 3.07. The van der Waals surface area contributed by atoms with Crippen molar-refractivity contribution in [2.24, 2.45) is 11.3 Å². The Bertz CT molecular complexity index is 153. The van der Waals surface area contributed by atoms with Crippen molar-refractivity contribution in [2.75, 3.05) is 33.4 Å². The van der Waals surface area contributed by atoms with Crippen molar-refractivity contribution in [1.29, 1.82) is 0 Å². The molecule has 2 atom stereocenters. The molecule has 0 saturated carbocycles. The zero-order valence-corrected chi connectivity index (χ0v) is 7.89. The molecule has 12 heavy (non-hydrogen) atoms. The van der Waals surface area contributed by atoms with Gasteiger partial charge >= 0.3 is 0 Å². The van der Waals surface area contributed by atoms with Crippen LogP contribution in [0.4, 0.5) is 4.39 Å². The molecule has 0 aromatic heterocycles. The van der Waals surface area contributed by atoms with Crippen LogP contribution in [0.25, 0.3) is 0 Å². The second-order valence-corrected chi connectivity index (χ2v) is 4.19. The van der Waals surface area contributed by atoms with Crippen LogP contribution in [0.5, 0.6) is 0 Å². The number of nitrogens with zero attached hydrogens (tertiary/aromatic N) is 1. The molecule has 72 valence electrons. The third-order valence-electron chi connectivity index (χ3n) is 3.02. The topological polar surface area (TPSA) is 23.5 Å². The minimum atomic E-state index is -0.301. The average Bonchev–Trinajstić information content (AvgIpc) is 2.05. The Morgan fingerprint density at radius 1 is 1.67 bits per heavy atom. The number of hydrogen-bond donors (Lipinski definition) is 1. The van der Waals surface area contributed by atoms with E-state index in [1.807, 2.05) is 14.0 Å². The molecule has 2 unspecified atom stereocenters. The minimum Gasteiger partial charge on any atom is -0.396 e. The summed E-state index contributed by atoms with van der Waals surface area (Å²) in [6.45, 7) is 3.51. The predicted molar refractivity (Wildman–Crippen MR) is 46.8 cm³/mol. The fourth-order valence-electron chi connectivity index (χ4n) is 1.99. The largest absolute Gasteiger partial charge is 0.396 e. The molecule has 1 fully saturated rings. The molecule has 1 aliphatic rings. The van der Waals surface area contributed by atoms with Crippen LogP contribution in [-0.4, -0.2) is 43.4 Å². The van der Waals surface area contributed by atoms with E-state index in [1.54, 1.807) is 0 Å². The molecule has 1 rings (SSSR count). The van der Waals surface area contributed by atoms with Gasteiger partial charge in [-0.2, -0.15) is 0 Å². The van der Waals surface area contributed by atoms with E-state index < -0.39 is 0 Å². The normalized spacial score (nSPS) is 38.5. The number of aliphatic hydroxyl groups excluding tert-OH is 1. The van der Waals surface area contributed by atoms with Crippen LogP contribution in [0.2, 0.25) is 0 Å². The van der Waals surface area contributed by atoms with Crippen molar-refractivity contribution in [1.82, 2.24) is 4.90 Å². The molecule has 1 saturated heterocycles. The van der Waals surface area contributed by atoms with Crippen molar-refractivity contribution < 1.29 is 9.50 Å². The van der Waals surface area contributed by atoms with Gasteiger partial charge in [-0.25, -0.2) is 0 Å². The van der Waals surface area contributed by atoms with E-state index in [4.69, 9.17) is 0 Å². The first kappa shape index (κ1) is 9.93. The van der Waals surface area contributed by atoms with Crippen LogP contribution in [0.15, 0.2) is 0 Å². The van der Waals surface area contributed by atoms with Crippen molar-refractivity contribution in [3.63, 3.8) is 0 Å². The van der Waals surface area contributed by atoms with E-state index in [9.17, 15) is 9.50 Å². The van der Waals surface area contributed by atoms with E-state index in [-0.39, 0.29) is 24.6 Å². The van der Waals surface area contributed by atoms with Gasteiger partial charge in [0.25, 0.3) is 0 Å².